The van der Waals surface area contributed by atoms with Gasteiger partial charge >= 0.3 is 0 Å². The predicted octanol–water partition coefficient (Wildman–Crippen LogP) is 1.53. The van der Waals surface area contributed by atoms with Gasteiger partial charge < -0.3 is 0 Å². The number of hydrogen-bond donors (Lipinski definition) is 0. The van der Waals surface area contributed by atoms with E-state index in [2.05, 4.69) is 29.5 Å². The molecule has 0 aliphatic carbocycles. The molecule has 48 valence electrons. The van der Waals surface area contributed by atoms with E-state index in [0.717, 1.165) is 17.5 Å². The summed E-state index contributed by atoms with van der Waals surface area (Å²) in [6.07, 6.45) is 1.02. The fraction of sp³-hybridized carbons (Fsp3) is 1.00. The van der Waals surface area contributed by atoms with Crippen LogP contribution < -0.4 is 0 Å². The van der Waals surface area contributed by atoms with Crippen molar-refractivity contribution in [1.82, 2.24) is 0 Å². The summed E-state index contributed by atoms with van der Waals surface area (Å²) in [5, 5.41) is 0. The van der Waals surface area contributed by atoms with Crippen molar-refractivity contribution in [3.05, 3.63) is 0 Å². The minimum atomic E-state index is 0.000556. The van der Waals surface area contributed by atoms with Crippen molar-refractivity contribution in [1.29, 1.82) is 0 Å². The lowest BCUT2D eigenvalue weighted by Crippen LogP contribution is -2.24. The van der Waals surface area contributed by atoms with Crippen LogP contribution in [0.2, 0.25) is 0 Å². The summed E-state index contributed by atoms with van der Waals surface area (Å²) in [6.45, 7) is 2.81. The van der Waals surface area contributed by atoms with Crippen molar-refractivity contribution < 1.29 is 9.78 Å². The van der Waals surface area contributed by atoms with Crippen molar-refractivity contribution in [3.8, 4) is 0 Å². The van der Waals surface area contributed by atoms with Crippen LogP contribution in [0.15, 0.2) is 0 Å². The van der Waals surface area contributed by atoms with Crippen LogP contribution in [-0.4, -0.2) is 16.6 Å². The molecule has 3 heteroatoms. The van der Waals surface area contributed by atoms with E-state index in [1.165, 1.54) is 0 Å². The van der Waals surface area contributed by atoms with E-state index in [0.29, 0.717) is 0 Å². The second kappa shape index (κ2) is 2.49. The first-order valence-electron chi connectivity index (χ1n) is 2.63. The molecular weight excluding hydrogens is 219 g/mol. The van der Waals surface area contributed by atoms with Crippen LogP contribution >= 0.6 is 22.6 Å². The van der Waals surface area contributed by atoms with Crippen molar-refractivity contribution in [3.63, 3.8) is 0 Å². The van der Waals surface area contributed by atoms with E-state index in [1.807, 2.05) is 0 Å². The second-order valence-electron chi connectivity index (χ2n) is 2.24. The summed E-state index contributed by atoms with van der Waals surface area (Å²) in [7, 11) is 0. The van der Waals surface area contributed by atoms with Crippen molar-refractivity contribution in [2.45, 2.75) is 18.9 Å². The summed E-state index contributed by atoms with van der Waals surface area (Å²) < 4.78 is 1.00. The maximum atomic E-state index is 4.98. The highest BCUT2D eigenvalue weighted by Crippen LogP contribution is 2.24. The summed E-state index contributed by atoms with van der Waals surface area (Å²) in [5.74, 6) is 0. The Morgan fingerprint density at radius 1 is 1.75 bits per heavy atom. The van der Waals surface area contributed by atoms with Gasteiger partial charge in [-0.15, -0.1) is 0 Å². The lowest BCUT2D eigenvalue weighted by Gasteiger charge is -2.14. The highest BCUT2D eigenvalue weighted by molar-refractivity contribution is 14.1. The average Bonchev–Trinajstić information content (AvgIpc) is 2.17. The molecule has 0 saturated carbocycles. The van der Waals surface area contributed by atoms with Gasteiger partial charge in [-0.05, 0) is 6.92 Å². The van der Waals surface area contributed by atoms with E-state index in [4.69, 9.17) is 9.78 Å². The normalized spacial score (nSPS) is 38.2. The fourth-order valence-corrected chi connectivity index (χ4v) is 1.08. The minimum absolute atomic E-state index is 0.000556. The molecule has 1 rings (SSSR count). The summed E-state index contributed by atoms with van der Waals surface area (Å²) in [6, 6.07) is 0. The van der Waals surface area contributed by atoms with Crippen LogP contribution in [0.5, 0.6) is 0 Å². The number of hydrogen-bond acceptors (Lipinski definition) is 2. The van der Waals surface area contributed by atoms with Gasteiger partial charge in [-0.2, -0.15) is 0 Å². The first kappa shape index (κ1) is 6.77. The minimum Gasteiger partial charge on any atom is -0.236 e. The van der Waals surface area contributed by atoms with E-state index < -0.39 is 0 Å². The average molecular weight is 228 g/mol. The lowest BCUT2D eigenvalue weighted by molar-refractivity contribution is -0.297. The molecule has 1 unspecified atom stereocenters. The van der Waals surface area contributed by atoms with Gasteiger partial charge in [-0.3, -0.25) is 0 Å². The van der Waals surface area contributed by atoms with Gasteiger partial charge in [0.1, 0.15) is 5.60 Å². The van der Waals surface area contributed by atoms with Gasteiger partial charge in [-0.1, -0.05) is 22.6 Å². The van der Waals surface area contributed by atoms with Crippen LogP contribution in [0.25, 0.3) is 0 Å². The molecule has 0 bridgehead atoms. The molecule has 0 aromatic heterocycles. The quantitative estimate of drug-likeness (QED) is 0.385. The molecule has 0 amide bonds. The van der Waals surface area contributed by atoms with Gasteiger partial charge in [0, 0.05) is 10.8 Å². The molecular formula is C5H9IO2. The van der Waals surface area contributed by atoms with Gasteiger partial charge in [-0.25, -0.2) is 9.78 Å². The Balaban J connectivity index is 2.40. The van der Waals surface area contributed by atoms with Crippen LogP contribution in [0.1, 0.15) is 13.3 Å². The largest absolute Gasteiger partial charge is 0.236 e. The van der Waals surface area contributed by atoms with E-state index in [9.17, 15) is 0 Å². The first-order chi connectivity index (χ1) is 3.77. The number of alkyl halides is 1. The van der Waals surface area contributed by atoms with Crippen LogP contribution in [-0.2, 0) is 9.78 Å². The molecule has 0 radical (unpaired) electrons. The molecule has 0 spiro atoms. The van der Waals surface area contributed by atoms with Gasteiger partial charge in [0.2, 0.25) is 0 Å². The smallest absolute Gasteiger partial charge is 0.112 e. The molecule has 1 aliphatic rings. The molecule has 1 heterocycles. The van der Waals surface area contributed by atoms with Crippen LogP contribution in [0.4, 0.5) is 0 Å². The molecule has 1 fully saturated rings. The van der Waals surface area contributed by atoms with E-state index in [1.54, 1.807) is 0 Å². The topological polar surface area (TPSA) is 18.5 Å². The van der Waals surface area contributed by atoms with Crippen molar-refractivity contribution >= 4 is 22.6 Å². The molecule has 0 N–H and O–H groups in total. The highest BCUT2D eigenvalue weighted by atomic mass is 127. The third-order valence-corrected chi connectivity index (χ3v) is 2.87. The van der Waals surface area contributed by atoms with Gasteiger partial charge in [0.15, 0.2) is 0 Å². The van der Waals surface area contributed by atoms with Crippen LogP contribution in [0, 0.1) is 0 Å². The Bertz CT molecular complexity index is 78.5. The molecule has 1 saturated heterocycles. The van der Waals surface area contributed by atoms with E-state index >= 15 is 0 Å². The van der Waals surface area contributed by atoms with Crippen LogP contribution in [0.3, 0.4) is 0 Å². The Morgan fingerprint density at radius 3 is 2.75 bits per heavy atom. The summed E-state index contributed by atoms with van der Waals surface area (Å²) in [4.78, 5) is 9.73. The maximum Gasteiger partial charge on any atom is 0.112 e. The molecule has 8 heavy (non-hydrogen) atoms. The third-order valence-electron chi connectivity index (χ3n) is 1.26. The van der Waals surface area contributed by atoms with Crippen molar-refractivity contribution in [2.75, 3.05) is 11.0 Å². The summed E-state index contributed by atoms with van der Waals surface area (Å²) >= 11 is 2.30. The predicted molar refractivity (Wildman–Crippen MR) is 38.9 cm³/mol. The highest BCUT2D eigenvalue weighted by Gasteiger charge is 2.30. The molecule has 2 nitrogen and oxygen atoms in total. The molecule has 1 aliphatic heterocycles. The standard InChI is InChI=1S/C5H9IO2/c1-5(4-6)2-3-7-8-5/h2-4H2,1H3. The Morgan fingerprint density at radius 2 is 2.50 bits per heavy atom. The zero-order valence-electron chi connectivity index (χ0n) is 4.82. The number of halogens is 1. The summed E-state index contributed by atoms with van der Waals surface area (Å²) in [5.41, 5.74) is 0.000556. The Labute approximate surface area is 62.6 Å². The SMILES string of the molecule is CC1(CI)CCOO1. The third kappa shape index (κ3) is 1.33. The van der Waals surface area contributed by atoms with E-state index in [-0.39, 0.29) is 5.60 Å². The zero-order valence-corrected chi connectivity index (χ0v) is 6.97. The zero-order chi connectivity index (χ0) is 6.04. The Hall–Kier alpha value is 0.650. The Kier molecular flexibility index (Phi) is 2.11. The van der Waals surface area contributed by atoms with Gasteiger partial charge in [0.25, 0.3) is 0 Å². The monoisotopic (exact) mass is 228 g/mol. The lowest BCUT2D eigenvalue weighted by atomic mass is 10.1. The fourth-order valence-electron chi connectivity index (χ4n) is 0.572. The molecule has 0 aromatic rings. The molecule has 0 aromatic carbocycles. The van der Waals surface area contributed by atoms with Crippen molar-refractivity contribution in [2.24, 2.45) is 0 Å². The maximum absolute atomic E-state index is 4.98. The molecule has 1 atom stereocenters. The number of rotatable bonds is 1. The second-order valence-corrected chi connectivity index (χ2v) is 3.00. The first-order valence-corrected chi connectivity index (χ1v) is 4.16. The van der Waals surface area contributed by atoms with Gasteiger partial charge in [0.05, 0.1) is 6.61 Å².